The molecule has 1 fully saturated rings. The summed E-state index contributed by atoms with van der Waals surface area (Å²) in [5.74, 6) is -3.30. The van der Waals surface area contributed by atoms with E-state index in [1.54, 1.807) is 19.1 Å². The van der Waals surface area contributed by atoms with Crippen LogP contribution in [0.2, 0.25) is 4.71 Å². The standard InChI is InChI=1S/C27H29AsO8/c1-11-23(31)18(28)9-14(36-11)7-13-6-12(19(30)10-29)8-17-20(13)27(35)22-21(26(17)34)24(32)15-4-2-3-5-16(15)25(22)33/h2-5,11-14,18,23,29,31,34-35H,6-10,28H2,1H3/t11-,12?,13?,14-,18-,23+/m0/s1. The van der Waals surface area contributed by atoms with Crippen molar-refractivity contribution in [3.8, 4) is 11.5 Å². The van der Waals surface area contributed by atoms with E-state index in [9.17, 15) is 34.8 Å². The van der Waals surface area contributed by atoms with Crippen molar-refractivity contribution in [2.75, 3.05) is 6.61 Å². The molecule has 0 radical (unpaired) electrons. The molecule has 7 atom stereocenters. The average molecular weight is 556 g/mol. The topological polar surface area (TPSA) is 141 Å². The summed E-state index contributed by atoms with van der Waals surface area (Å²) in [6.07, 6.45) is 0.116. The predicted molar refractivity (Wildman–Crippen MR) is 132 cm³/mol. The molecule has 2 aromatic carbocycles. The van der Waals surface area contributed by atoms with E-state index < -0.39 is 41.9 Å². The molecule has 3 aliphatic rings. The first-order valence-electron chi connectivity index (χ1n) is 12.2. The number of hydrogen-bond acceptors (Lipinski definition) is 8. The van der Waals surface area contributed by atoms with Gasteiger partial charge in [0.05, 0.1) is 0 Å². The van der Waals surface area contributed by atoms with E-state index >= 15 is 0 Å². The molecule has 1 heterocycles. The van der Waals surface area contributed by atoms with Crippen LogP contribution in [0.5, 0.6) is 11.5 Å². The van der Waals surface area contributed by atoms with Gasteiger partial charge in [-0.15, -0.1) is 0 Å². The number of phenols is 2. The van der Waals surface area contributed by atoms with Crippen molar-refractivity contribution in [1.29, 1.82) is 0 Å². The predicted octanol–water partition coefficient (Wildman–Crippen LogP) is 1.43. The zero-order valence-electron chi connectivity index (χ0n) is 19.8. The van der Waals surface area contributed by atoms with Gasteiger partial charge in [-0.3, -0.25) is 0 Å². The number of hydrogen-bond donors (Lipinski definition) is 4. The Bertz CT molecular complexity index is 1260. The van der Waals surface area contributed by atoms with E-state index in [2.05, 4.69) is 0 Å². The molecule has 1 saturated heterocycles. The summed E-state index contributed by atoms with van der Waals surface area (Å²) in [6, 6.07) is 6.29. The fourth-order valence-electron chi connectivity index (χ4n) is 6.11. The first-order valence-corrected chi connectivity index (χ1v) is 13.6. The summed E-state index contributed by atoms with van der Waals surface area (Å²) in [4.78, 5) is 39.3. The third-order valence-corrected chi connectivity index (χ3v) is 9.31. The van der Waals surface area contributed by atoms with Crippen LogP contribution in [0.15, 0.2) is 24.3 Å². The molecule has 2 aromatic rings. The normalized spacial score (nSPS) is 29.3. The molecular formula is C27H29AsO8. The number of ketones is 3. The molecule has 3 unspecified atom stereocenters. The average Bonchev–Trinajstić information content (AvgIpc) is 2.87. The van der Waals surface area contributed by atoms with Gasteiger partial charge in [0.15, 0.2) is 0 Å². The van der Waals surface area contributed by atoms with Crippen LogP contribution in [0.25, 0.3) is 0 Å². The Balaban J connectivity index is 1.63. The Morgan fingerprint density at radius 1 is 1.06 bits per heavy atom. The molecule has 5 rings (SSSR count). The van der Waals surface area contributed by atoms with E-state index in [4.69, 9.17) is 4.74 Å². The van der Waals surface area contributed by atoms with Crippen molar-refractivity contribution < 1.29 is 39.5 Å². The molecule has 36 heavy (non-hydrogen) atoms. The van der Waals surface area contributed by atoms with Crippen molar-refractivity contribution in [3.63, 3.8) is 0 Å². The first-order chi connectivity index (χ1) is 17.1. The third-order valence-electron chi connectivity index (χ3n) is 7.91. The Hall–Kier alpha value is -2.51. The van der Waals surface area contributed by atoms with Crippen molar-refractivity contribution in [1.82, 2.24) is 0 Å². The van der Waals surface area contributed by atoms with Crippen LogP contribution in [0, 0.1) is 5.92 Å². The summed E-state index contributed by atoms with van der Waals surface area (Å²) in [6.45, 7) is 1.15. The van der Waals surface area contributed by atoms with Crippen LogP contribution in [-0.4, -0.2) is 79.5 Å². The number of aliphatic hydroxyl groups excluding tert-OH is 2. The summed E-state index contributed by atoms with van der Waals surface area (Å²) < 4.78 is 6.08. The summed E-state index contributed by atoms with van der Waals surface area (Å²) in [5, 5.41) is 42.6. The number of fused-ring (bicyclic) bond motifs is 3. The van der Waals surface area contributed by atoms with Gasteiger partial charge >= 0.3 is 211 Å². The Kier molecular flexibility index (Phi) is 6.58. The zero-order chi connectivity index (χ0) is 25.9. The van der Waals surface area contributed by atoms with Gasteiger partial charge in [0, 0.05) is 0 Å². The summed E-state index contributed by atoms with van der Waals surface area (Å²) in [5.41, 5.74) is 0.480. The second kappa shape index (κ2) is 9.42. The van der Waals surface area contributed by atoms with Gasteiger partial charge in [-0.05, 0) is 0 Å². The van der Waals surface area contributed by atoms with Gasteiger partial charge in [-0.1, -0.05) is 6.07 Å². The van der Waals surface area contributed by atoms with Gasteiger partial charge in [0.25, 0.3) is 0 Å². The number of ether oxygens (including phenoxy) is 1. The number of benzene rings is 2. The molecule has 8 nitrogen and oxygen atoms in total. The number of rotatable bonds is 4. The second-order valence-electron chi connectivity index (χ2n) is 10.1. The molecule has 9 heteroatoms. The van der Waals surface area contributed by atoms with Gasteiger partial charge in [0.2, 0.25) is 0 Å². The second-order valence-corrected chi connectivity index (χ2v) is 11.9. The minimum absolute atomic E-state index is 0.0428. The molecule has 0 spiro atoms. The van der Waals surface area contributed by atoms with Gasteiger partial charge in [0.1, 0.15) is 0 Å². The molecule has 1 aliphatic heterocycles. The summed E-state index contributed by atoms with van der Waals surface area (Å²) >= 11 is 1.42. The molecular weight excluding hydrogens is 527 g/mol. The van der Waals surface area contributed by atoms with E-state index in [-0.39, 0.29) is 62.7 Å². The SMILES string of the molecule is C[C@@H]1O[C@@H](CC2CC(C(=O)CO)Cc3c(O)c4c(c(O)c32)C(=O)c2ccccc2C4=O)C[C@H]([AsH2])[C@@H]1O. The zero-order valence-corrected chi connectivity index (χ0v) is 22.2. The van der Waals surface area contributed by atoms with E-state index in [0.717, 1.165) is 0 Å². The molecule has 0 aromatic heterocycles. The van der Waals surface area contributed by atoms with Crippen molar-refractivity contribution >= 4 is 34.2 Å². The quantitative estimate of drug-likeness (QED) is 0.280. The van der Waals surface area contributed by atoms with E-state index in [1.807, 2.05) is 0 Å². The Morgan fingerprint density at radius 3 is 2.25 bits per heavy atom. The van der Waals surface area contributed by atoms with Gasteiger partial charge < -0.3 is 0 Å². The van der Waals surface area contributed by atoms with Gasteiger partial charge in [-0.2, -0.15) is 0 Å². The number of aliphatic hydroxyl groups is 2. The maximum absolute atomic E-state index is 13.4. The number of phenolic OH excluding ortho intramolecular Hbond substituents is 2. The third kappa shape index (κ3) is 3.91. The van der Waals surface area contributed by atoms with E-state index in [0.29, 0.717) is 24.8 Å². The maximum atomic E-state index is 13.4. The Labute approximate surface area is 216 Å². The number of carbonyl (C=O) groups excluding carboxylic acids is 3. The first kappa shape index (κ1) is 25.2. The van der Waals surface area contributed by atoms with Crippen molar-refractivity contribution in [3.05, 3.63) is 57.6 Å². The van der Waals surface area contributed by atoms with E-state index in [1.165, 1.54) is 29.0 Å². The number of aromatic hydroxyl groups is 2. The number of Topliss-reactive ketones (excluding diaryl/α,β-unsaturated/α-hetero) is 1. The summed E-state index contributed by atoms with van der Waals surface area (Å²) in [7, 11) is 0. The monoisotopic (exact) mass is 556 g/mol. The van der Waals surface area contributed by atoms with Crippen molar-refractivity contribution in [2.24, 2.45) is 5.92 Å². The molecule has 0 amide bonds. The fourth-order valence-corrected chi connectivity index (χ4v) is 7.40. The molecule has 0 saturated carbocycles. The van der Waals surface area contributed by atoms with Crippen molar-refractivity contribution in [2.45, 2.75) is 61.5 Å². The molecule has 4 N–H and O–H groups in total. The number of carbonyl (C=O) groups is 3. The fraction of sp³-hybridized carbons (Fsp3) is 0.444. The minimum atomic E-state index is -0.655. The molecule has 2 aliphatic carbocycles. The van der Waals surface area contributed by atoms with Crippen LogP contribution >= 0.6 is 0 Å². The van der Waals surface area contributed by atoms with Crippen LogP contribution in [0.4, 0.5) is 0 Å². The van der Waals surface area contributed by atoms with Crippen LogP contribution in [0.1, 0.15) is 75.1 Å². The van der Waals surface area contributed by atoms with Gasteiger partial charge in [-0.25, -0.2) is 0 Å². The van der Waals surface area contributed by atoms with Crippen LogP contribution in [-0.2, 0) is 16.0 Å². The van der Waals surface area contributed by atoms with Crippen LogP contribution < -0.4 is 0 Å². The molecule has 190 valence electrons. The Morgan fingerprint density at radius 2 is 1.67 bits per heavy atom. The van der Waals surface area contributed by atoms with Crippen LogP contribution in [0.3, 0.4) is 0 Å². The molecule has 0 bridgehead atoms.